The Kier molecular flexibility index (Phi) is 11.2. The van der Waals surface area contributed by atoms with Crippen LogP contribution in [-0.4, -0.2) is 51.1 Å². The summed E-state index contributed by atoms with van der Waals surface area (Å²) < 4.78 is 32.4. The monoisotopic (exact) mass is 546 g/mol. The number of nitrogens with zero attached hydrogens (tertiary/aromatic N) is 2. The van der Waals surface area contributed by atoms with E-state index in [0.29, 0.717) is 24.5 Å². The van der Waals surface area contributed by atoms with Crippen molar-refractivity contribution in [1.82, 2.24) is 15.5 Å². The highest BCUT2D eigenvalue weighted by Crippen LogP contribution is 2.17. The molecule has 0 aliphatic rings. The molecule has 2 rings (SSSR count). The number of benzene rings is 2. The van der Waals surface area contributed by atoms with E-state index in [0.717, 1.165) is 17.4 Å². The molecule has 0 bridgehead atoms. The van der Waals surface area contributed by atoms with Crippen LogP contribution < -0.4 is 15.4 Å². The lowest BCUT2D eigenvalue weighted by molar-refractivity contribution is -0.127. The van der Waals surface area contributed by atoms with Crippen LogP contribution in [-0.2, 0) is 11.2 Å². The number of amides is 1. The van der Waals surface area contributed by atoms with Crippen molar-refractivity contribution in [2.75, 3.05) is 34.3 Å². The van der Waals surface area contributed by atoms with E-state index >= 15 is 0 Å². The van der Waals surface area contributed by atoms with Crippen molar-refractivity contribution in [2.24, 2.45) is 4.99 Å². The second kappa shape index (κ2) is 13.1. The Morgan fingerprint density at radius 2 is 1.84 bits per heavy atom. The summed E-state index contributed by atoms with van der Waals surface area (Å²) in [5.41, 5.74) is 1.41. The molecule has 0 aliphatic carbocycles. The molecule has 0 aliphatic heterocycles. The molecular formula is C22H29F2IN4O2. The van der Waals surface area contributed by atoms with Gasteiger partial charge < -0.3 is 20.3 Å². The largest absolute Gasteiger partial charge is 0.497 e. The number of guanidine groups is 1. The number of aliphatic imine (C=N–C) groups is 1. The van der Waals surface area contributed by atoms with E-state index in [4.69, 9.17) is 4.74 Å². The first kappa shape index (κ1) is 26.6. The average Bonchev–Trinajstić information content (AvgIpc) is 2.71. The van der Waals surface area contributed by atoms with Crippen LogP contribution in [0.25, 0.3) is 0 Å². The molecule has 1 atom stereocenters. The molecule has 9 heteroatoms. The molecule has 0 radical (unpaired) electrons. The summed E-state index contributed by atoms with van der Waals surface area (Å²) in [6.45, 7) is 2.24. The number of nitrogens with one attached hydrogen (secondary N) is 2. The lowest BCUT2D eigenvalue weighted by Crippen LogP contribution is -2.41. The van der Waals surface area contributed by atoms with E-state index < -0.39 is 17.7 Å². The summed E-state index contributed by atoms with van der Waals surface area (Å²) >= 11 is 0. The predicted molar refractivity (Wildman–Crippen MR) is 129 cm³/mol. The molecule has 0 heterocycles. The number of hydrogen-bond donors (Lipinski definition) is 2. The van der Waals surface area contributed by atoms with Crippen LogP contribution in [0, 0.1) is 11.6 Å². The van der Waals surface area contributed by atoms with Gasteiger partial charge in [-0.05, 0) is 37.1 Å². The zero-order chi connectivity index (χ0) is 22.1. The van der Waals surface area contributed by atoms with E-state index in [1.165, 1.54) is 17.0 Å². The van der Waals surface area contributed by atoms with Gasteiger partial charge in [0.15, 0.2) is 5.96 Å². The summed E-state index contributed by atoms with van der Waals surface area (Å²) in [5.74, 6) is -0.279. The van der Waals surface area contributed by atoms with Crippen LogP contribution in [0.3, 0.4) is 0 Å². The van der Waals surface area contributed by atoms with Crippen molar-refractivity contribution < 1.29 is 18.3 Å². The first-order valence-electron chi connectivity index (χ1n) is 9.63. The fraction of sp³-hybridized carbons (Fsp3) is 0.364. The third kappa shape index (κ3) is 8.68. The standard InChI is InChI=1S/C22H28F2N4O2.HI/c1-15(19-10-7-17(23)13-20(19)24)27-22(26-14-21(29)28(2)3)25-12-11-16-5-8-18(30-4)9-6-16;/h5-10,13,15H,11-12,14H2,1-4H3,(H2,25,26,27);1H. The lowest BCUT2D eigenvalue weighted by Gasteiger charge is -2.19. The van der Waals surface area contributed by atoms with Gasteiger partial charge in [-0.15, -0.1) is 24.0 Å². The molecule has 0 aromatic heterocycles. The van der Waals surface area contributed by atoms with Gasteiger partial charge in [0, 0.05) is 32.3 Å². The van der Waals surface area contributed by atoms with Gasteiger partial charge in [0.25, 0.3) is 0 Å². The van der Waals surface area contributed by atoms with Crippen molar-refractivity contribution in [3.63, 3.8) is 0 Å². The second-order valence-corrected chi connectivity index (χ2v) is 7.01. The highest BCUT2D eigenvalue weighted by Gasteiger charge is 2.14. The SMILES string of the molecule is COc1ccc(CCNC(=NCC(=O)N(C)C)NC(C)c2ccc(F)cc2F)cc1.I. The van der Waals surface area contributed by atoms with E-state index in [9.17, 15) is 13.6 Å². The van der Waals surface area contributed by atoms with Crippen molar-refractivity contribution in [2.45, 2.75) is 19.4 Å². The summed E-state index contributed by atoms with van der Waals surface area (Å²) in [7, 11) is 4.92. The number of methoxy groups -OCH3 is 1. The van der Waals surface area contributed by atoms with Gasteiger partial charge in [-0.3, -0.25) is 4.79 Å². The van der Waals surface area contributed by atoms with Crippen LogP contribution in [0.4, 0.5) is 8.78 Å². The van der Waals surface area contributed by atoms with Gasteiger partial charge in [0.05, 0.1) is 13.2 Å². The average molecular weight is 546 g/mol. The number of carbonyl (C=O) groups excluding carboxylic acids is 1. The maximum Gasteiger partial charge on any atom is 0.243 e. The number of carbonyl (C=O) groups is 1. The molecular weight excluding hydrogens is 517 g/mol. The molecule has 0 fully saturated rings. The van der Waals surface area contributed by atoms with Crippen LogP contribution in [0.15, 0.2) is 47.5 Å². The summed E-state index contributed by atoms with van der Waals surface area (Å²) in [6.07, 6.45) is 0.714. The minimum absolute atomic E-state index is 0. The third-order valence-corrected chi connectivity index (χ3v) is 4.52. The Hall–Kier alpha value is -2.43. The van der Waals surface area contributed by atoms with Gasteiger partial charge in [-0.2, -0.15) is 0 Å². The highest BCUT2D eigenvalue weighted by atomic mass is 127. The fourth-order valence-electron chi connectivity index (χ4n) is 2.69. The smallest absolute Gasteiger partial charge is 0.243 e. The van der Waals surface area contributed by atoms with Gasteiger partial charge in [0.2, 0.25) is 5.91 Å². The summed E-state index contributed by atoms with van der Waals surface area (Å²) in [5, 5.41) is 6.24. The summed E-state index contributed by atoms with van der Waals surface area (Å²) in [4.78, 5) is 17.6. The molecule has 2 aromatic rings. The number of rotatable bonds is 8. The normalized spacial score (nSPS) is 11.9. The number of halogens is 3. The van der Waals surface area contributed by atoms with Gasteiger partial charge in [0.1, 0.15) is 23.9 Å². The quantitative estimate of drug-likeness (QED) is 0.302. The molecule has 6 nitrogen and oxygen atoms in total. The molecule has 0 saturated heterocycles. The van der Waals surface area contributed by atoms with Crippen LogP contribution in [0.2, 0.25) is 0 Å². The topological polar surface area (TPSA) is 66.0 Å². The number of hydrogen-bond acceptors (Lipinski definition) is 3. The number of likely N-dealkylation sites (N-methyl/N-ethyl adjacent to an activating group) is 1. The molecule has 31 heavy (non-hydrogen) atoms. The minimum Gasteiger partial charge on any atom is -0.497 e. The van der Waals surface area contributed by atoms with E-state index in [1.807, 2.05) is 24.3 Å². The molecule has 2 N–H and O–H groups in total. The maximum absolute atomic E-state index is 14.1. The minimum atomic E-state index is -0.642. The van der Waals surface area contributed by atoms with Crippen molar-refractivity contribution in [3.8, 4) is 5.75 Å². The Morgan fingerprint density at radius 1 is 1.16 bits per heavy atom. The predicted octanol–water partition coefficient (Wildman–Crippen LogP) is 3.52. The Morgan fingerprint density at radius 3 is 2.42 bits per heavy atom. The Labute approximate surface area is 199 Å². The second-order valence-electron chi connectivity index (χ2n) is 7.01. The van der Waals surface area contributed by atoms with Crippen LogP contribution in [0.1, 0.15) is 24.1 Å². The zero-order valence-corrected chi connectivity index (χ0v) is 20.4. The third-order valence-electron chi connectivity index (χ3n) is 4.52. The Bertz CT molecular complexity index is 876. The molecule has 1 unspecified atom stereocenters. The Balaban J connectivity index is 0.00000480. The molecule has 1 amide bonds. The van der Waals surface area contributed by atoms with Crippen molar-refractivity contribution in [1.29, 1.82) is 0 Å². The highest BCUT2D eigenvalue weighted by molar-refractivity contribution is 14.0. The van der Waals surface area contributed by atoms with Gasteiger partial charge in [-0.25, -0.2) is 13.8 Å². The van der Waals surface area contributed by atoms with Gasteiger partial charge in [-0.1, -0.05) is 18.2 Å². The van der Waals surface area contributed by atoms with E-state index in [2.05, 4.69) is 15.6 Å². The molecule has 2 aromatic carbocycles. The van der Waals surface area contributed by atoms with E-state index in [1.54, 1.807) is 28.1 Å². The van der Waals surface area contributed by atoms with Crippen molar-refractivity contribution >= 4 is 35.8 Å². The molecule has 0 saturated carbocycles. The number of ether oxygens (including phenoxy) is 1. The maximum atomic E-state index is 14.1. The van der Waals surface area contributed by atoms with Crippen molar-refractivity contribution in [3.05, 3.63) is 65.2 Å². The zero-order valence-electron chi connectivity index (χ0n) is 18.1. The van der Waals surface area contributed by atoms with E-state index in [-0.39, 0.29) is 36.4 Å². The first-order valence-corrected chi connectivity index (χ1v) is 9.63. The summed E-state index contributed by atoms with van der Waals surface area (Å²) in [6, 6.07) is 10.7. The molecule has 0 spiro atoms. The molecule has 170 valence electrons. The van der Waals surface area contributed by atoms with Crippen LogP contribution >= 0.6 is 24.0 Å². The fourth-order valence-corrected chi connectivity index (χ4v) is 2.69. The van der Waals surface area contributed by atoms with Crippen LogP contribution in [0.5, 0.6) is 5.75 Å². The first-order chi connectivity index (χ1) is 14.3. The lowest BCUT2D eigenvalue weighted by atomic mass is 10.1. The van der Waals surface area contributed by atoms with Gasteiger partial charge >= 0.3 is 0 Å².